The van der Waals surface area contributed by atoms with Crippen LogP contribution in [0.5, 0.6) is 0 Å². The Morgan fingerprint density at radius 2 is 2.00 bits per heavy atom. The second-order valence-electron chi connectivity index (χ2n) is 7.21. The Morgan fingerprint density at radius 3 is 2.56 bits per heavy atom. The second kappa shape index (κ2) is 8.44. The SMILES string of the molecule is CCCC(=O)C1=C(O)C(C(=O)OC)C(C)(C)CC1=Nc1ccc(Cl)cc1Cl. The summed E-state index contributed by atoms with van der Waals surface area (Å²) in [6.07, 6.45) is 1.15. The molecule has 0 saturated heterocycles. The van der Waals surface area contributed by atoms with Crippen molar-refractivity contribution in [1.82, 2.24) is 0 Å². The van der Waals surface area contributed by atoms with Gasteiger partial charge in [0.15, 0.2) is 5.78 Å². The molecule has 2 rings (SSSR count). The zero-order valence-electron chi connectivity index (χ0n) is 15.8. The number of benzene rings is 1. The van der Waals surface area contributed by atoms with Gasteiger partial charge < -0.3 is 9.84 Å². The lowest BCUT2D eigenvalue weighted by molar-refractivity contribution is -0.149. The zero-order valence-corrected chi connectivity index (χ0v) is 17.3. The summed E-state index contributed by atoms with van der Waals surface area (Å²) in [5.41, 5.74) is 0.237. The summed E-state index contributed by atoms with van der Waals surface area (Å²) >= 11 is 12.1. The smallest absolute Gasteiger partial charge is 0.316 e. The van der Waals surface area contributed by atoms with Crippen LogP contribution in [-0.2, 0) is 14.3 Å². The van der Waals surface area contributed by atoms with Gasteiger partial charge in [0, 0.05) is 11.4 Å². The molecule has 7 heteroatoms. The van der Waals surface area contributed by atoms with Gasteiger partial charge in [0.1, 0.15) is 11.7 Å². The molecule has 0 aromatic heterocycles. The van der Waals surface area contributed by atoms with Crippen LogP contribution in [0, 0.1) is 11.3 Å². The first-order chi connectivity index (χ1) is 12.6. The third kappa shape index (κ3) is 4.53. The predicted molar refractivity (Wildman–Crippen MR) is 107 cm³/mol. The van der Waals surface area contributed by atoms with Crippen LogP contribution in [0.3, 0.4) is 0 Å². The maximum absolute atomic E-state index is 12.7. The number of halogens is 2. The maximum atomic E-state index is 12.7. The van der Waals surface area contributed by atoms with Crippen molar-refractivity contribution in [3.05, 3.63) is 39.6 Å². The molecule has 0 amide bonds. The van der Waals surface area contributed by atoms with Crippen LogP contribution in [0.25, 0.3) is 0 Å². The zero-order chi connectivity index (χ0) is 20.4. The summed E-state index contributed by atoms with van der Waals surface area (Å²) in [4.78, 5) is 29.5. The Balaban J connectivity index is 2.67. The van der Waals surface area contributed by atoms with Crippen LogP contribution >= 0.6 is 23.2 Å². The first kappa shape index (κ1) is 21.5. The van der Waals surface area contributed by atoms with Crippen molar-refractivity contribution in [2.24, 2.45) is 16.3 Å². The predicted octanol–water partition coefficient (Wildman–Crippen LogP) is 5.47. The molecule has 0 radical (unpaired) electrons. The number of nitrogens with zero attached hydrogens (tertiary/aromatic N) is 1. The van der Waals surface area contributed by atoms with Gasteiger partial charge in [-0.3, -0.25) is 14.6 Å². The third-order valence-electron chi connectivity index (χ3n) is 4.58. The molecule has 1 aliphatic carbocycles. The highest BCUT2D eigenvalue weighted by atomic mass is 35.5. The molecule has 0 bridgehead atoms. The molecule has 27 heavy (non-hydrogen) atoms. The van der Waals surface area contributed by atoms with Crippen LogP contribution in [0.4, 0.5) is 5.69 Å². The Bertz CT molecular complexity index is 827. The van der Waals surface area contributed by atoms with Crippen LogP contribution in [0.2, 0.25) is 10.0 Å². The maximum Gasteiger partial charge on any atom is 0.316 e. The number of ketones is 1. The number of methoxy groups -OCH3 is 1. The number of hydrogen-bond donors (Lipinski definition) is 1. The number of carbonyl (C=O) groups is 2. The summed E-state index contributed by atoms with van der Waals surface area (Å²) < 4.78 is 4.85. The van der Waals surface area contributed by atoms with Crippen LogP contribution in [0.1, 0.15) is 40.0 Å². The van der Waals surface area contributed by atoms with Gasteiger partial charge in [-0.15, -0.1) is 0 Å². The summed E-state index contributed by atoms with van der Waals surface area (Å²) in [5, 5.41) is 11.7. The minimum absolute atomic E-state index is 0.0811. The number of aliphatic hydroxyl groups excluding tert-OH is 1. The van der Waals surface area contributed by atoms with Gasteiger partial charge in [-0.1, -0.05) is 44.0 Å². The molecule has 0 heterocycles. The number of rotatable bonds is 5. The molecule has 0 aliphatic heterocycles. The summed E-state index contributed by atoms with van der Waals surface area (Å²) in [7, 11) is 1.26. The molecule has 1 unspecified atom stereocenters. The highest BCUT2D eigenvalue weighted by molar-refractivity contribution is 6.36. The van der Waals surface area contributed by atoms with Crippen LogP contribution in [0.15, 0.2) is 34.5 Å². The number of ether oxygens (including phenoxy) is 1. The molecular formula is C20H23Cl2NO4. The van der Waals surface area contributed by atoms with E-state index in [-0.39, 0.29) is 23.5 Å². The minimum atomic E-state index is -0.932. The van der Waals surface area contributed by atoms with E-state index in [1.807, 2.05) is 20.8 Å². The summed E-state index contributed by atoms with van der Waals surface area (Å²) in [5.74, 6) is -2.07. The van der Waals surface area contributed by atoms with E-state index in [4.69, 9.17) is 27.9 Å². The number of esters is 1. The topological polar surface area (TPSA) is 76.0 Å². The fourth-order valence-corrected chi connectivity index (χ4v) is 3.75. The number of Topliss-reactive ketones (excluding diaryl/α,β-unsaturated/α-hetero) is 1. The molecule has 0 fully saturated rings. The quantitative estimate of drug-likeness (QED) is 0.651. The van der Waals surface area contributed by atoms with Crippen molar-refractivity contribution in [2.75, 3.05) is 7.11 Å². The molecule has 1 atom stereocenters. The van der Waals surface area contributed by atoms with Crippen LogP contribution in [-0.4, -0.2) is 29.7 Å². The molecular weight excluding hydrogens is 389 g/mol. The minimum Gasteiger partial charge on any atom is -0.511 e. The lowest BCUT2D eigenvalue weighted by atomic mass is 9.67. The molecule has 0 spiro atoms. The average Bonchev–Trinajstić information content (AvgIpc) is 2.56. The van der Waals surface area contributed by atoms with Gasteiger partial charge in [-0.2, -0.15) is 0 Å². The Morgan fingerprint density at radius 1 is 1.33 bits per heavy atom. The van der Waals surface area contributed by atoms with Crippen molar-refractivity contribution in [2.45, 2.75) is 40.0 Å². The standard InChI is InChI=1S/C20H23Cl2NO4/c1-5-6-15(24)16-14(23-13-8-7-11(21)9-12(13)22)10-20(2,3)17(18(16)25)19(26)27-4/h7-9,17,25H,5-6,10H2,1-4H3. The largest absolute Gasteiger partial charge is 0.511 e. The monoisotopic (exact) mass is 411 g/mol. The summed E-state index contributed by atoms with van der Waals surface area (Å²) in [6, 6.07) is 4.86. The first-order valence-corrected chi connectivity index (χ1v) is 9.45. The van der Waals surface area contributed by atoms with Crippen molar-refractivity contribution in [3.8, 4) is 0 Å². The summed E-state index contributed by atoms with van der Waals surface area (Å²) in [6.45, 7) is 5.52. The fraction of sp³-hybridized carbons (Fsp3) is 0.450. The molecule has 5 nitrogen and oxygen atoms in total. The fourth-order valence-electron chi connectivity index (χ4n) is 3.30. The van der Waals surface area contributed by atoms with E-state index >= 15 is 0 Å². The third-order valence-corrected chi connectivity index (χ3v) is 5.12. The molecule has 1 aromatic carbocycles. The van der Waals surface area contributed by atoms with E-state index < -0.39 is 17.3 Å². The Labute approximate surface area is 169 Å². The van der Waals surface area contributed by atoms with Gasteiger partial charge in [0.2, 0.25) is 0 Å². The number of allylic oxidation sites excluding steroid dienone is 1. The van der Waals surface area contributed by atoms with Gasteiger partial charge in [0.05, 0.1) is 29.1 Å². The normalized spacial score (nSPS) is 20.7. The Kier molecular flexibility index (Phi) is 6.71. The van der Waals surface area contributed by atoms with Crippen molar-refractivity contribution >= 4 is 46.4 Å². The molecule has 1 aliphatic rings. The van der Waals surface area contributed by atoms with E-state index in [2.05, 4.69) is 4.99 Å². The second-order valence-corrected chi connectivity index (χ2v) is 8.05. The van der Waals surface area contributed by atoms with Gasteiger partial charge in [-0.25, -0.2) is 0 Å². The molecule has 1 N–H and O–H groups in total. The highest BCUT2D eigenvalue weighted by Crippen LogP contribution is 2.44. The van der Waals surface area contributed by atoms with Gasteiger partial charge >= 0.3 is 5.97 Å². The van der Waals surface area contributed by atoms with E-state index in [1.165, 1.54) is 7.11 Å². The van der Waals surface area contributed by atoms with Crippen LogP contribution < -0.4 is 0 Å². The number of hydrogen-bond acceptors (Lipinski definition) is 5. The first-order valence-electron chi connectivity index (χ1n) is 8.69. The highest BCUT2D eigenvalue weighted by Gasteiger charge is 2.47. The van der Waals surface area contributed by atoms with E-state index in [0.717, 1.165) is 0 Å². The Hall–Kier alpha value is -1.85. The van der Waals surface area contributed by atoms with E-state index in [0.29, 0.717) is 34.3 Å². The number of carbonyl (C=O) groups excluding carboxylic acids is 2. The van der Waals surface area contributed by atoms with Gasteiger partial charge in [0.25, 0.3) is 0 Å². The van der Waals surface area contributed by atoms with E-state index in [9.17, 15) is 14.7 Å². The van der Waals surface area contributed by atoms with E-state index in [1.54, 1.807) is 18.2 Å². The van der Waals surface area contributed by atoms with Gasteiger partial charge in [-0.05, 0) is 36.5 Å². The average molecular weight is 412 g/mol. The number of aliphatic hydroxyl groups is 1. The lowest BCUT2D eigenvalue weighted by Crippen LogP contribution is -2.41. The van der Waals surface area contributed by atoms with Crippen molar-refractivity contribution in [3.63, 3.8) is 0 Å². The molecule has 1 aromatic rings. The van der Waals surface area contributed by atoms with Crippen molar-refractivity contribution in [1.29, 1.82) is 0 Å². The lowest BCUT2D eigenvalue weighted by Gasteiger charge is -2.37. The van der Waals surface area contributed by atoms with Crippen molar-refractivity contribution < 1.29 is 19.4 Å². The number of aliphatic imine (C=N–C) groups is 1. The molecule has 0 saturated carbocycles. The molecule has 146 valence electrons.